The Morgan fingerprint density at radius 1 is 1.10 bits per heavy atom. The number of aliphatic hydroxyl groups excluding tert-OH is 2. The lowest BCUT2D eigenvalue weighted by Crippen LogP contribution is -2.66. The lowest BCUT2D eigenvalue weighted by molar-refractivity contribution is -0.238. The fraction of sp³-hybridized carbons (Fsp3) is 0.900. The molecule has 0 radical (unpaired) electrons. The fourth-order valence-electron chi connectivity index (χ4n) is 8.19. The Kier molecular flexibility index (Phi) is 2.97. The molecule has 160 valence electrons. The molecule has 29 heavy (non-hydrogen) atoms. The first-order chi connectivity index (χ1) is 13.4. The van der Waals surface area contributed by atoms with Crippen molar-refractivity contribution in [1.82, 2.24) is 0 Å². The zero-order chi connectivity index (χ0) is 20.9. The van der Waals surface area contributed by atoms with Crippen LogP contribution in [0.3, 0.4) is 0 Å². The Morgan fingerprint density at radius 3 is 2.45 bits per heavy atom. The molecule has 2 spiro atoms. The molecule has 3 N–H and O–H groups in total. The second-order valence-corrected chi connectivity index (χ2v) is 10.8. The van der Waals surface area contributed by atoms with E-state index in [-0.39, 0.29) is 17.8 Å². The molecule has 4 heterocycles. The van der Waals surface area contributed by atoms with E-state index >= 15 is 0 Å². The molecule has 0 aromatic rings. The zero-order valence-corrected chi connectivity index (χ0v) is 16.7. The van der Waals surface area contributed by atoms with E-state index in [1.165, 1.54) is 0 Å². The predicted octanol–water partition coefficient (Wildman–Crippen LogP) is -0.548. The van der Waals surface area contributed by atoms with Gasteiger partial charge in [-0.2, -0.15) is 0 Å². The normalized spacial score (nSPS) is 62.0. The second-order valence-electron chi connectivity index (χ2n) is 10.8. The molecular weight excluding hydrogens is 384 g/mol. The van der Waals surface area contributed by atoms with Crippen molar-refractivity contribution in [2.24, 2.45) is 28.1 Å². The van der Waals surface area contributed by atoms with Crippen LogP contribution in [0.15, 0.2) is 0 Å². The van der Waals surface area contributed by atoms with Crippen LogP contribution in [0.1, 0.15) is 40.5 Å². The maximum atomic E-state index is 13.3. The van der Waals surface area contributed by atoms with Gasteiger partial charge in [0.25, 0.3) is 0 Å². The maximum Gasteiger partial charge on any atom is 0.342 e. The summed E-state index contributed by atoms with van der Waals surface area (Å²) < 4.78 is 23.2. The minimum absolute atomic E-state index is 0.123. The molecular formula is C20H26O9. The third-order valence-corrected chi connectivity index (χ3v) is 9.12. The van der Waals surface area contributed by atoms with Crippen molar-refractivity contribution >= 4 is 11.9 Å². The van der Waals surface area contributed by atoms with E-state index in [2.05, 4.69) is 0 Å². The van der Waals surface area contributed by atoms with E-state index in [1.807, 2.05) is 20.8 Å². The molecule has 0 bridgehead atoms. The monoisotopic (exact) mass is 410 g/mol. The van der Waals surface area contributed by atoms with Crippen LogP contribution in [0.2, 0.25) is 0 Å². The Hall–Kier alpha value is -1.26. The van der Waals surface area contributed by atoms with Crippen LogP contribution in [0.25, 0.3) is 0 Å². The van der Waals surface area contributed by atoms with Crippen molar-refractivity contribution in [3.05, 3.63) is 0 Å². The SMILES string of the molecule is C[C@@H]1[C@H](O)O[C@H]2C[C@]34[C@@H]5C[C@@H](C(C)(C)C)[C@@]36[C@H](OC(=O)[C@@H]6O)O[C@]4(C(=O)O5)[C@@]21O. The van der Waals surface area contributed by atoms with E-state index in [1.54, 1.807) is 6.92 Å². The molecule has 6 aliphatic rings. The first-order valence-electron chi connectivity index (χ1n) is 10.2. The summed E-state index contributed by atoms with van der Waals surface area (Å²) in [5.74, 6) is -2.63. The van der Waals surface area contributed by atoms with Crippen molar-refractivity contribution in [2.45, 2.75) is 82.6 Å². The molecule has 6 rings (SSSR count). The van der Waals surface area contributed by atoms with Gasteiger partial charge in [-0.05, 0) is 24.2 Å². The topological polar surface area (TPSA) is 132 Å². The molecule has 0 unspecified atom stereocenters. The predicted molar refractivity (Wildman–Crippen MR) is 91.6 cm³/mol. The largest absolute Gasteiger partial charge is 0.459 e. The van der Waals surface area contributed by atoms with E-state index in [0.717, 1.165) is 0 Å². The van der Waals surface area contributed by atoms with Gasteiger partial charge in [0, 0.05) is 5.92 Å². The molecule has 0 amide bonds. The lowest BCUT2D eigenvalue weighted by atomic mass is 9.51. The maximum absolute atomic E-state index is 13.3. The average molecular weight is 410 g/mol. The molecule has 9 nitrogen and oxygen atoms in total. The highest BCUT2D eigenvalue weighted by Crippen LogP contribution is 2.84. The Labute approximate surface area is 167 Å². The van der Waals surface area contributed by atoms with Gasteiger partial charge in [0.15, 0.2) is 12.4 Å². The van der Waals surface area contributed by atoms with Gasteiger partial charge in [0.2, 0.25) is 11.9 Å². The van der Waals surface area contributed by atoms with Gasteiger partial charge in [-0.1, -0.05) is 27.7 Å². The van der Waals surface area contributed by atoms with Gasteiger partial charge >= 0.3 is 11.9 Å². The highest BCUT2D eigenvalue weighted by Gasteiger charge is 3.00. The van der Waals surface area contributed by atoms with Crippen molar-refractivity contribution in [3.63, 3.8) is 0 Å². The standard InChI is InChI=1S/C20H26O9/c1-7-12(22)26-10-6-17-9-5-8(16(2,3)4)18(17)11(21)13(23)28-15(18)29-20(17,14(24)27-9)19(7,10)25/h7-12,15,21-22,25H,5-6H2,1-4H3/t7-,8+,9+,10+,11+,12-,15-,17+,18-,19+,20+/m1/s1. The smallest absolute Gasteiger partial charge is 0.342 e. The summed E-state index contributed by atoms with van der Waals surface area (Å²) >= 11 is 0. The molecule has 9 heteroatoms. The minimum Gasteiger partial charge on any atom is -0.459 e. The highest BCUT2D eigenvalue weighted by molar-refractivity contribution is 5.91. The van der Waals surface area contributed by atoms with Crippen molar-refractivity contribution in [1.29, 1.82) is 0 Å². The van der Waals surface area contributed by atoms with E-state index in [0.29, 0.717) is 6.42 Å². The number of esters is 2. The first-order valence-corrected chi connectivity index (χ1v) is 10.2. The summed E-state index contributed by atoms with van der Waals surface area (Å²) in [4.78, 5) is 25.9. The number of hydrogen-bond acceptors (Lipinski definition) is 9. The Morgan fingerprint density at radius 2 is 1.79 bits per heavy atom. The van der Waals surface area contributed by atoms with Gasteiger partial charge < -0.3 is 34.3 Å². The van der Waals surface area contributed by atoms with E-state index in [9.17, 15) is 24.9 Å². The van der Waals surface area contributed by atoms with Gasteiger partial charge in [-0.25, -0.2) is 9.59 Å². The van der Waals surface area contributed by atoms with Crippen LogP contribution >= 0.6 is 0 Å². The molecule has 0 aromatic heterocycles. The summed E-state index contributed by atoms with van der Waals surface area (Å²) in [6, 6.07) is 0. The highest BCUT2D eigenvalue weighted by atomic mass is 16.8. The quantitative estimate of drug-likeness (QED) is 0.450. The number of ether oxygens (including phenoxy) is 4. The molecule has 11 atom stereocenters. The molecule has 4 saturated heterocycles. The summed E-state index contributed by atoms with van der Waals surface area (Å²) in [7, 11) is 0. The van der Waals surface area contributed by atoms with Crippen LogP contribution in [-0.4, -0.2) is 69.4 Å². The zero-order valence-electron chi connectivity index (χ0n) is 16.7. The molecule has 4 aliphatic heterocycles. The van der Waals surface area contributed by atoms with Crippen LogP contribution in [0, 0.1) is 28.1 Å². The molecule has 2 saturated carbocycles. The number of carbonyl (C=O) groups excluding carboxylic acids is 2. The number of carbonyl (C=O) groups is 2. The third-order valence-electron chi connectivity index (χ3n) is 9.12. The number of fused-ring (bicyclic) bond motifs is 1. The number of rotatable bonds is 0. The number of aliphatic hydroxyl groups is 3. The molecule has 6 fully saturated rings. The van der Waals surface area contributed by atoms with Gasteiger partial charge in [-0.15, -0.1) is 0 Å². The van der Waals surface area contributed by atoms with Gasteiger partial charge in [0.05, 0.1) is 16.9 Å². The van der Waals surface area contributed by atoms with Gasteiger partial charge in [-0.3, -0.25) is 0 Å². The van der Waals surface area contributed by atoms with Crippen LogP contribution in [-0.2, 0) is 28.5 Å². The lowest BCUT2D eigenvalue weighted by Gasteiger charge is -2.46. The summed E-state index contributed by atoms with van der Waals surface area (Å²) in [6.45, 7) is 7.62. The summed E-state index contributed by atoms with van der Waals surface area (Å²) in [5, 5.41) is 33.4. The molecule has 0 aromatic carbocycles. The fourth-order valence-corrected chi connectivity index (χ4v) is 8.19. The van der Waals surface area contributed by atoms with Crippen molar-refractivity contribution in [3.8, 4) is 0 Å². The summed E-state index contributed by atoms with van der Waals surface area (Å²) in [5.41, 5.74) is -6.57. The van der Waals surface area contributed by atoms with E-state index in [4.69, 9.17) is 18.9 Å². The Bertz CT molecular complexity index is 851. The van der Waals surface area contributed by atoms with Gasteiger partial charge in [0.1, 0.15) is 11.7 Å². The van der Waals surface area contributed by atoms with E-state index < -0.39 is 70.8 Å². The third kappa shape index (κ3) is 1.41. The second kappa shape index (κ2) is 4.65. The number of hydrogen-bond donors (Lipinski definition) is 3. The van der Waals surface area contributed by atoms with Crippen LogP contribution in [0.5, 0.6) is 0 Å². The van der Waals surface area contributed by atoms with Crippen LogP contribution < -0.4 is 0 Å². The van der Waals surface area contributed by atoms with Crippen molar-refractivity contribution in [2.75, 3.05) is 0 Å². The minimum atomic E-state index is -1.88. The Balaban J connectivity index is 1.67. The average Bonchev–Trinajstić information content (AvgIpc) is 3.31. The molecule has 2 aliphatic carbocycles. The first kappa shape index (κ1) is 18.5. The summed E-state index contributed by atoms with van der Waals surface area (Å²) in [6.07, 6.45) is -4.96. The van der Waals surface area contributed by atoms with Crippen LogP contribution in [0.4, 0.5) is 0 Å². The van der Waals surface area contributed by atoms with Crippen molar-refractivity contribution < 1.29 is 43.9 Å².